The third kappa shape index (κ3) is 7.51. The third-order valence-corrected chi connectivity index (χ3v) is 4.57. The van der Waals surface area contributed by atoms with Gasteiger partial charge in [-0.3, -0.25) is 9.59 Å². The molecule has 1 amide bonds. The van der Waals surface area contributed by atoms with Crippen LogP contribution in [0.2, 0.25) is 0 Å². The molecule has 0 unspecified atom stereocenters. The first-order valence-corrected chi connectivity index (χ1v) is 11.0. The van der Waals surface area contributed by atoms with Crippen LogP contribution in [-0.2, 0) is 11.3 Å². The van der Waals surface area contributed by atoms with Crippen molar-refractivity contribution >= 4 is 34.3 Å². The van der Waals surface area contributed by atoms with Crippen molar-refractivity contribution in [3.8, 4) is 0 Å². The topological polar surface area (TPSA) is 130 Å². The minimum atomic E-state index is -1.16. The number of carbonyl (C=O) groups excluding carboxylic acids is 1. The van der Waals surface area contributed by atoms with Crippen molar-refractivity contribution in [3.05, 3.63) is 53.4 Å². The molecule has 0 saturated heterocycles. The van der Waals surface area contributed by atoms with Crippen LogP contribution >= 0.6 is 0 Å². The van der Waals surface area contributed by atoms with Crippen molar-refractivity contribution in [2.24, 2.45) is 5.73 Å². The fourth-order valence-corrected chi connectivity index (χ4v) is 2.96. The zero-order valence-corrected chi connectivity index (χ0v) is 19.9. The van der Waals surface area contributed by atoms with Gasteiger partial charge in [-0.15, -0.1) is 0 Å². The van der Waals surface area contributed by atoms with Crippen molar-refractivity contribution < 1.29 is 28.6 Å². The summed E-state index contributed by atoms with van der Waals surface area (Å²) in [7, 11) is 0. The van der Waals surface area contributed by atoms with Crippen molar-refractivity contribution in [1.82, 2.24) is 9.55 Å². The number of aliphatic hydroxyl groups excluding tert-OH is 1. The van der Waals surface area contributed by atoms with Gasteiger partial charge in [-0.05, 0) is 37.1 Å². The number of nitrogens with two attached hydrogens (primary N) is 1. The predicted molar refractivity (Wildman–Crippen MR) is 128 cm³/mol. The number of amides is 1. The minimum Gasteiger partial charge on any atom is -0.480 e. The average molecular weight is 479 g/mol. The molecule has 3 aromatic rings. The van der Waals surface area contributed by atoms with E-state index in [0.29, 0.717) is 12.2 Å². The highest BCUT2D eigenvalue weighted by Crippen LogP contribution is 2.31. The molecule has 1 aromatic heterocycles. The molecule has 3 rings (SSSR count). The van der Waals surface area contributed by atoms with Crippen LogP contribution in [0.5, 0.6) is 0 Å². The second-order valence-corrected chi connectivity index (χ2v) is 7.15. The number of aliphatic carboxylic acids is 1. The lowest BCUT2D eigenvalue weighted by atomic mass is 10.1. The fraction of sp³-hybridized carbons (Fsp3) is 0.375. The van der Waals surface area contributed by atoms with E-state index in [-0.39, 0.29) is 28.0 Å². The maximum Gasteiger partial charge on any atom is 0.323 e. The SMILES string of the molecule is CC.CCCCCO.Cc1ccc(Nc2c(C(N)=O)cc3c(ncn3CC(=O)O)c2F)c(F)c1. The molecule has 0 fully saturated rings. The minimum absolute atomic E-state index is 0.0404. The number of carboxylic acids is 1. The number of hydrogen-bond acceptors (Lipinski definition) is 5. The van der Waals surface area contributed by atoms with Crippen molar-refractivity contribution in [1.29, 1.82) is 0 Å². The number of halogens is 2. The van der Waals surface area contributed by atoms with Crippen LogP contribution in [0.3, 0.4) is 0 Å². The number of imidazole rings is 1. The van der Waals surface area contributed by atoms with Crippen LogP contribution in [0.1, 0.15) is 56.0 Å². The number of anilines is 2. The number of nitrogens with zero attached hydrogens (tertiary/aromatic N) is 2. The summed E-state index contributed by atoms with van der Waals surface area (Å²) in [5.74, 6) is -3.67. The van der Waals surface area contributed by atoms with Gasteiger partial charge in [0.25, 0.3) is 5.91 Å². The molecule has 5 N–H and O–H groups in total. The van der Waals surface area contributed by atoms with Gasteiger partial charge in [0.15, 0.2) is 5.82 Å². The molecule has 0 saturated carbocycles. The molecule has 1 heterocycles. The Hall–Kier alpha value is -3.53. The molecule has 0 aliphatic carbocycles. The maximum absolute atomic E-state index is 14.9. The van der Waals surface area contributed by atoms with Crippen LogP contribution in [0.4, 0.5) is 20.2 Å². The first kappa shape index (κ1) is 28.5. The van der Waals surface area contributed by atoms with Gasteiger partial charge in [0, 0.05) is 6.61 Å². The van der Waals surface area contributed by atoms with E-state index in [2.05, 4.69) is 17.2 Å². The van der Waals surface area contributed by atoms with Gasteiger partial charge in [-0.2, -0.15) is 0 Å². The van der Waals surface area contributed by atoms with E-state index in [1.54, 1.807) is 13.0 Å². The average Bonchev–Trinajstić information content (AvgIpc) is 3.19. The van der Waals surface area contributed by atoms with Crippen molar-refractivity contribution in [2.45, 2.75) is 53.5 Å². The van der Waals surface area contributed by atoms with Crippen LogP contribution in [0.25, 0.3) is 11.0 Å². The number of aliphatic hydroxyl groups is 1. The monoisotopic (exact) mass is 478 g/mol. The first-order chi connectivity index (χ1) is 16.2. The molecule has 186 valence electrons. The fourth-order valence-electron chi connectivity index (χ4n) is 2.96. The molecule has 2 aromatic carbocycles. The summed E-state index contributed by atoms with van der Waals surface area (Å²) < 4.78 is 30.2. The number of aromatic nitrogens is 2. The van der Waals surface area contributed by atoms with Gasteiger partial charge in [-0.25, -0.2) is 13.8 Å². The van der Waals surface area contributed by atoms with Gasteiger partial charge >= 0.3 is 5.97 Å². The number of carboxylic acid groups (broad SMARTS) is 1. The molecule has 10 heteroatoms. The Labute approximate surface area is 197 Å². The maximum atomic E-state index is 14.9. The predicted octanol–water partition coefficient (Wildman–Crippen LogP) is 4.75. The Balaban J connectivity index is 0.000000631. The number of unbranched alkanes of at least 4 members (excludes halogenated alkanes) is 2. The Morgan fingerprint density at radius 1 is 1.18 bits per heavy atom. The summed E-state index contributed by atoms with van der Waals surface area (Å²) in [6, 6.07) is 5.50. The van der Waals surface area contributed by atoms with Gasteiger partial charge in [0.1, 0.15) is 17.9 Å². The second-order valence-electron chi connectivity index (χ2n) is 7.15. The van der Waals surface area contributed by atoms with Crippen LogP contribution in [-0.4, -0.2) is 38.2 Å². The molecule has 34 heavy (non-hydrogen) atoms. The van der Waals surface area contributed by atoms with Crippen molar-refractivity contribution in [3.63, 3.8) is 0 Å². The summed E-state index contributed by atoms with van der Waals surface area (Å²) in [5.41, 5.74) is 5.31. The lowest BCUT2D eigenvalue weighted by Crippen LogP contribution is -2.15. The molecule has 8 nitrogen and oxygen atoms in total. The number of carbonyl (C=O) groups is 2. The molecule has 0 bridgehead atoms. The molecule has 0 spiro atoms. The third-order valence-electron chi connectivity index (χ3n) is 4.57. The van der Waals surface area contributed by atoms with Crippen LogP contribution in [0.15, 0.2) is 30.6 Å². The number of nitrogens with one attached hydrogen (secondary N) is 1. The van der Waals surface area contributed by atoms with E-state index >= 15 is 0 Å². The van der Waals surface area contributed by atoms with Gasteiger partial charge in [-0.1, -0.05) is 39.7 Å². The molecule has 0 aliphatic rings. The number of primary amides is 1. The summed E-state index contributed by atoms with van der Waals surface area (Å²) in [4.78, 5) is 26.5. The zero-order valence-electron chi connectivity index (χ0n) is 19.9. The number of aryl methyl sites for hydroxylation is 1. The highest BCUT2D eigenvalue weighted by Gasteiger charge is 2.21. The van der Waals surface area contributed by atoms with Crippen LogP contribution in [0, 0.1) is 18.6 Å². The summed E-state index contributed by atoms with van der Waals surface area (Å²) in [6.07, 6.45) is 4.47. The molecule has 0 atom stereocenters. The van der Waals surface area contributed by atoms with E-state index in [9.17, 15) is 18.4 Å². The van der Waals surface area contributed by atoms with E-state index < -0.39 is 30.1 Å². The quantitative estimate of drug-likeness (QED) is 0.346. The lowest BCUT2D eigenvalue weighted by molar-refractivity contribution is -0.137. The molecule has 0 radical (unpaired) electrons. The van der Waals surface area contributed by atoms with Gasteiger partial charge in [0.05, 0.1) is 28.8 Å². The number of benzene rings is 2. The summed E-state index contributed by atoms with van der Waals surface area (Å²) >= 11 is 0. The smallest absolute Gasteiger partial charge is 0.323 e. The molecular formula is C24H32F2N4O4. The molecule has 0 aliphatic heterocycles. The highest BCUT2D eigenvalue weighted by atomic mass is 19.1. The standard InChI is InChI=1S/C17H14F2N4O3.C5H12O.C2H6/c1-8-2-3-11(10(18)4-8)22-15-9(17(20)26)5-12-16(14(15)19)21-7-23(12)6-13(24)25;1-2-3-4-5-6;1-2/h2-5,7,22H,6H2,1H3,(H2,20,26)(H,24,25);6H,2-5H2,1H3;1-2H3. The number of fused-ring (bicyclic) bond motifs is 1. The second kappa shape index (κ2) is 13.9. The number of rotatable bonds is 8. The Morgan fingerprint density at radius 2 is 1.85 bits per heavy atom. The molecular weight excluding hydrogens is 446 g/mol. The Bertz CT molecular complexity index is 1110. The normalized spacial score (nSPS) is 10.1. The van der Waals surface area contributed by atoms with Crippen LogP contribution < -0.4 is 11.1 Å². The first-order valence-electron chi connectivity index (χ1n) is 11.0. The van der Waals surface area contributed by atoms with E-state index in [1.807, 2.05) is 13.8 Å². The Morgan fingerprint density at radius 3 is 2.35 bits per heavy atom. The lowest BCUT2D eigenvalue weighted by Gasteiger charge is -2.13. The highest BCUT2D eigenvalue weighted by molar-refractivity contribution is 6.03. The van der Waals surface area contributed by atoms with Gasteiger partial charge < -0.3 is 25.8 Å². The largest absolute Gasteiger partial charge is 0.480 e. The summed E-state index contributed by atoms with van der Waals surface area (Å²) in [6.45, 7) is 7.71. The van der Waals surface area contributed by atoms with Crippen molar-refractivity contribution in [2.75, 3.05) is 11.9 Å². The summed E-state index contributed by atoms with van der Waals surface area (Å²) in [5, 5.41) is 19.6. The van der Waals surface area contributed by atoms with E-state index in [4.69, 9.17) is 15.9 Å². The Kier molecular flexibility index (Phi) is 11.6. The zero-order chi connectivity index (χ0) is 25.8. The van der Waals surface area contributed by atoms with Gasteiger partial charge in [0.2, 0.25) is 0 Å². The van der Waals surface area contributed by atoms with E-state index in [1.165, 1.54) is 29.2 Å². The number of hydrogen-bond donors (Lipinski definition) is 4. The van der Waals surface area contributed by atoms with E-state index in [0.717, 1.165) is 19.2 Å².